The molecule has 0 unspecified atom stereocenters. The Balaban J connectivity index is 2.30. The zero-order valence-electron chi connectivity index (χ0n) is 12.4. The van der Waals surface area contributed by atoms with E-state index in [1.54, 1.807) is 0 Å². The van der Waals surface area contributed by atoms with E-state index < -0.39 is 10.9 Å². The molecule has 0 spiro atoms. The first-order valence-corrected chi connectivity index (χ1v) is 6.58. The number of hydrogen-bond donors (Lipinski definition) is 0. The van der Waals surface area contributed by atoms with E-state index in [-0.39, 0.29) is 22.8 Å². The average Bonchev–Trinajstić information content (AvgIpc) is 2.54. The van der Waals surface area contributed by atoms with Gasteiger partial charge in [0.05, 0.1) is 17.6 Å². The molecule has 0 bridgehead atoms. The second kappa shape index (κ2) is 6.69. The summed E-state index contributed by atoms with van der Waals surface area (Å²) in [6.07, 6.45) is 0. The van der Waals surface area contributed by atoms with Crippen molar-refractivity contribution in [2.75, 3.05) is 7.11 Å². The molecule has 0 aliphatic rings. The van der Waals surface area contributed by atoms with Gasteiger partial charge in [0.1, 0.15) is 5.75 Å². The van der Waals surface area contributed by atoms with Gasteiger partial charge >= 0.3 is 11.7 Å². The number of benzene rings is 2. The highest BCUT2D eigenvalue weighted by atomic mass is 16.6. The number of carbonyl (C=O) groups is 2. The molecule has 0 heterocycles. The highest BCUT2D eigenvalue weighted by Gasteiger charge is 2.18. The van der Waals surface area contributed by atoms with E-state index >= 15 is 0 Å². The Morgan fingerprint density at radius 1 is 1.04 bits per heavy atom. The minimum absolute atomic E-state index is 0.00539. The maximum absolute atomic E-state index is 11.3. The van der Waals surface area contributed by atoms with Crippen LogP contribution in [-0.4, -0.2) is 23.8 Å². The van der Waals surface area contributed by atoms with Crippen molar-refractivity contribution in [3.8, 4) is 11.5 Å². The smallest absolute Gasteiger partial charge is 0.337 e. The average molecular weight is 315 g/mol. The van der Waals surface area contributed by atoms with E-state index in [0.29, 0.717) is 11.3 Å². The monoisotopic (exact) mass is 315 g/mol. The first-order chi connectivity index (χ1) is 10.9. The lowest BCUT2D eigenvalue weighted by atomic mass is 10.1. The summed E-state index contributed by atoms with van der Waals surface area (Å²) in [6, 6.07) is 9.94. The second-order valence-corrected chi connectivity index (χ2v) is 4.61. The van der Waals surface area contributed by atoms with E-state index in [1.807, 2.05) is 0 Å². The van der Waals surface area contributed by atoms with Gasteiger partial charge < -0.3 is 9.47 Å². The number of esters is 1. The van der Waals surface area contributed by atoms with Crippen LogP contribution in [0, 0.1) is 10.1 Å². The van der Waals surface area contributed by atoms with Gasteiger partial charge in [0.2, 0.25) is 5.75 Å². The van der Waals surface area contributed by atoms with Crippen molar-refractivity contribution >= 4 is 17.4 Å². The molecule has 0 saturated heterocycles. The van der Waals surface area contributed by atoms with Crippen molar-refractivity contribution < 1.29 is 24.0 Å². The van der Waals surface area contributed by atoms with Crippen molar-refractivity contribution in [2.24, 2.45) is 0 Å². The number of carbonyl (C=O) groups excluding carboxylic acids is 2. The molecule has 118 valence electrons. The molecule has 7 heteroatoms. The lowest BCUT2D eigenvalue weighted by molar-refractivity contribution is -0.385. The maximum Gasteiger partial charge on any atom is 0.337 e. The molecule has 7 nitrogen and oxygen atoms in total. The van der Waals surface area contributed by atoms with Crippen LogP contribution in [0.15, 0.2) is 42.5 Å². The van der Waals surface area contributed by atoms with Crippen LogP contribution in [0.25, 0.3) is 0 Å². The third kappa shape index (κ3) is 3.70. The normalized spacial score (nSPS) is 10.0. The van der Waals surface area contributed by atoms with Gasteiger partial charge in [-0.15, -0.1) is 0 Å². The van der Waals surface area contributed by atoms with Crippen LogP contribution in [0.4, 0.5) is 5.69 Å². The summed E-state index contributed by atoms with van der Waals surface area (Å²) < 4.78 is 10.0. The molecule has 23 heavy (non-hydrogen) atoms. The Bertz CT molecular complexity index is 767. The predicted molar refractivity (Wildman–Crippen MR) is 81.0 cm³/mol. The van der Waals surface area contributed by atoms with Gasteiger partial charge in [0, 0.05) is 11.6 Å². The highest BCUT2D eigenvalue weighted by molar-refractivity contribution is 5.95. The molecule has 0 aliphatic heterocycles. The largest absolute Gasteiger partial charge is 0.465 e. The van der Waals surface area contributed by atoms with Crippen molar-refractivity contribution in [3.63, 3.8) is 0 Å². The van der Waals surface area contributed by atoms with Crippen LogP contribution >= 0.6 is 0 Å². The number of rotatable bonds is 5. The fourth-order valence-corrected chi connectivity index (χ4v) is 1.87. The van der Waals surface area contributed by atoms with Crippen LogP contribution in [0.1, 0.15) is 27.6 Å². The van der Waals surface area contributed by atoms with Gasteiger partial charge in [0.15, 0.2) is 5.78 Å². The summed E-state index contributed by atoms with van der Waals surface area (Å²) in [5.41, 5.74) is 0.251. The molecule has 2 aromatic carbocycles. The molecule has 0 amide bonds. The highest BCUT2D eigenvalue weighted by Crippen LogP contribution is 2.32. The Morgan fingerprint density at radius 3 is 2.17 bits per heavy atom. The minimum atomic E-state index is -0.620. The molecule has 0 aromatic heterocycles. The number of nitro benzene ring substituents is 1. The number of hydrogen-bond acceptors (Lipinski definition) is 6. The van der Waals surface area contributed by atoms with Gasteiger partial charge in [-0.25, -0.2) is 4.79 Å². The summed E-state index contributed by atoms with van der Waals surface area (Å²) in [7, 11) is 1.27. The van der Waals surface area contributed by atoms with Gasteiger partial charge in [-0.2, -0.15) is 0 Å². The minimum Gasteiger partial charge on any atom is -0.465 e. The number of methoxy groups -OCH3 is 1. The number of Topliss-reactive ketones (excluding diaryl/α,β-unsaturated/α-hetero) is 1. The Kier molecular flexibility index (Phi) is 4.70. The molecule has 0 fully saturated rings. The first-order valence-electron chi connectivity index (χ1n) is 6.58. The van der Waals surface area contributed by atoms with Gasteiger partial charge in [-0.3, -0.25) is 14.9 Å². The Morgan fingerprint density at radius 2 is 1.65 bits per heavy atom. The molecule has 0 saturated carbocycles. The van der Waals surface area contributed by atoms with Crippen LogP contribution in [0.5, 0.6) is 11.5 Å². The van der Waals surface area contributed by atoms with E-state index in [2.05, 4.69) is 4.74 Å². The third-order valence-corrected chi connectivity index (χ3v) is 3.07. The van der Waals surface area contributed by atoms with Crippen molar-refractivity contribution in [3.05, 3.63) is 63.7 Å². The van der Waals surface area contributed by atoms with Crippen LogP contribution < -0.4 is 4.74 Å². The zero-order chi connectivity index (χ0) is 17.0. The van der Waals surface area contributed by atoms with E-state index in [9.17, 15) is 19.7 Å². The third-order valence-electron chi connectivity index (χ3n) is 3.07. The van der Waals surface area contributed by atoms with Gasteiger partial charge in [-0.1, -0.05) is 0 Å². The lowest BCUT2D eigenvalue weighted by Gasteiger charge is -2.08. The van der Waals surface area contributed by atoms with E-state index in [1.165, 1.54) is 56.5 Å². The van der Waals surface area contributed by atoms with Gasteiger partial charge in [-0.05, 0) is 43.3 Å². The maximum atomic E-state index is 11.3. The summed E-state index contributed by atoms with van der Waals surface area (Å²) in [5, 5.41) is 11.1. The van der Waals surface area contributed by atoms with E-state index in [4.69, 9.17) is 4.74 Å². The molecular weight excluding hydrogens is 302 g/mol. The second-order valence-electron chi connectivity index (χ2n) is 4.61. The SMILES string of the molecule is COC(=O)c1ccc(Oc2ccc(C(C)=O)cc2[N+](=O)[O-])cc1. The molecule has 0 aliphatic carbocycles. The zero-order valence-corrected chi connectivity index (χ0v) is 12.4. The number of nitrogens with zero attached hydrogens (tertiary/aromatic N) is 1. The number of ketones is 1. The summed E-state index contributed by atoms with van der Waals surface area (Å²) in [5.74, 6) is -0.447. The Hall–Kier alpha value is -3.22. The van der Waals surface area contributed by atoms with Crippen molar-refractivity contribution in [1.29, 1.82) is 0 Å². The summed E-state index contributed by atoms with van der Waals surface area (Å²) in [6.45, 7) is 1.32. The summed E-state index contributed by atoms with van der Waals surface area (Å²) >= 11 is 0. The van der Waals surface area contributed by atoms with Crippen LogP contribution in [-0.2, 0) is 4.74 Å². The predicted octanol–water partition coefficient (Wildman–Crippen LogP) is 3.38. The molecule has 0 N–H and O–H groups in total. The van der Waals surface area contributed by atoms with Crippen molar-refractivity contribution in [2.45, 2.75) is 6.92 Å². The molecule has 2 rings (SSSR count). The molecule has 2 aromatic rings. The molecule has 0 atom stereocenters. The molecule has 0 radical (unpaired) electrons. The standard InChI is InChI=1S/C16H13NO6/c1-10(18)12-5-8-15(14(9-12)17(20)21)23-13-6-3-11(4-7-13)16(19)22-2/h3-9H,1-2H3. The lowest BCUT2D eigenvalue weighted by Crippen LogP contribution is -2.01. The number of ether oxygens (including phenoxy) is 2. The van der Waals surface area contributed by atoms with Crippen molar-refractivity contribution in [1.82, 2.24) is 0 Å². The topological polar surface area (TPSA) is 95.7 Å². The van der Waals surface area contributed by atoms with E-state index in [0.717, 1.165) is 0 Å². The Labute approximate surface area is 131 Å². The van der Waals surface area contributed by atoms with Crippen LogP contribution in [0.3, 0.4) is 0 Å². The first kappa shape index (κ1) is 16.2. The molecular formula is C16H13NO6. The fraction of sp³-hybridized carbons (Fsp3) is 0.125. The number of nitro groups is 1. The van der Waals surface area contributed by atoms with Gasteiger partial charge in [0.25, 0.3) is 0 Å². The quantitative estimate of drug-likeness (QED) is 0.363. The van der Waals surface area contributed by atoms with Crippen LogP contribution in [0.2, 0.25) is 0 Å². The summed E-state index contributed by atoms with van der Waals surface area (Å²) in [4.78, 5) is 33.2. The fourth-order valence-electron chi connectivity index (χ4n) is 1.87.